The number of carbonyl (C=O) groups excluding carboxylic acids is 2. The molecule has 4 aliphatic rings. The highest BCUT2D eigenvalue weighted by molar-refractivity contribution is 5.81. The van der Waals surface area contributed by atoms with Crippen molar-refractivity contribution in [3.63, 3.8) is 0 Å². The number of carbonyl (C=O) groups is 2. The molecule has 8 heteroatoms. The minimum atomic E-state index is -0.599. The fourth-order valence-corrected chi connectivity index (χ4v) is 7.68. The van der Waals surface area contributed by atoms with Crippen LogP contribution in [0.5, 0.6) is 0 Å². The molecule has 2 unspecified atom stereocenters. The molecule has 3 saturated heterocycles. The van der Waals surface area contributed by atoms with Crippen molar-refractivity contribution in [3.8, 4) is 0 Å². The van der Waals surface area contributed by atoms with Gasteiger partial charge >= 0.3 is 6.09 Å². The zero-order chi connectivity index (χ0) is 27.9. The van der Waals surface area contributed by atoms with E-state index in [0.717, 1.165) is 18.9 Å². The highest BCUT2D eigenvalue weighted by atomic mass is 19.1. The van der Waals surface area contributed by atoms with Gasteiger partial charge in [-0.05, 0) is 76.3 Å². The van der Waals surface area contributed by atoms with E-state index in [1.165, 1.54) is 44.2 Å². The topological polar surface area (TPSA) is 53.1 Å². The third-order valence-electron chi connectivity index (χ3n) is 10.3. The van der Waals surface area contributed by atoms with Crippen LogP contribution in [0.2, 0.25) is 0 Å². The lowest BCUT2D eigenvalue weighted by Crippen LogP contribution is -2.55. The number of benzene rings is 1. The number of likely N-dealkylation sites (tertiary alicyclic amines) is 2. The summed E-state index contributed by atoms with van der Waals surface area (Å²) in [5.41, 5.74) is 0.0728. The molecular weight excluding hydrogens is 500 g/mol. The van der Waals surface area contributed by atoms with Crippen molar-refractivity contribution in [1.29, 1.82) is 0 Å². The molecule has 0 N–H and O–H groups in total. The number of piperidine rings is 1. The molecule has 1 saturated carbocycles. The van der Waals surface area contributed by atoms with E-state index in [4.69, 9.17) is 4.74 Å². The number of amides is 2. The second-order valence-corrected chi connectivity index (χ2v) is 13.4. The highest BCUT2D eigenvalue weighted by Gasteiger charge is 2.50. The van der Waals surface area contributed by atoms with E-state index in [0.29, 0.717) is 50.8 Å². The van der Waals surface area contributed by atoms with Crippen LogP contribution >= 0.6 is 0 Å². The van der Waals surface area contributed by atoms with Crippen molar-refractivity contribution in [1.82, 2.24) is 14.7 Å². The lowest BCUT2D eigenvalue weighted by molar-refractivity contribution is -0.139. The summed E-state index contributed by atoms with van der Waals surface area (Å²) in [5.74, 6) is -1.22. The minimum absolute atomic E-state index is 0.0278. The van der Waals surface area contributed by atoms with Crippen molar-refractivity contribution in [2.24, 2.45) is 17.3 Å². The predicted molar refractivity (Wildman–Crippen MR) is 146 cm³/mol. The Labute approximate surface area is 232 Å². The normalized spacial score (nSPS) is 27.8. The maximum atomic E-state index is 14.9. The van der Waals surface area contributed by atoms with Crippen LogP contribution in [0, 0.1) is 28.9 Å². The Morgan fingerprint density at radius 1 is 1.08 bits per heavy atom. The molecule has 1 aromatic carbocycles. The van der Waals surface area contributed by atoms with Gasteiger partial charge in [0, 0.05) is 50.7 Å². The summed E-state index contributed by atoms with van der Waals surface area (Å²) in [5, 5.41) is 0. The molecule has 216 valence electrons. The van der Waals surface area contributed by atoms with Gasteiger partial charge in [0.15, 0.2) is 0 Å². The zero-order valence-corrected chi connectivity index (χ0v) is 24.1. The van der Waals surface area contributed by atoms with Gasteiger partial charge < -0.3 is 9.64 Å². The second-order valence-electron chi connectivity index (χ2n) is 13.4. The third-order valence-corrected chi connectivity index (χ3v) is 10.3. The van der Waals surface area contributed by atoms with E-state index in [2.05, 4.69) is 32.6 Å². The Morgan fingerprint density at radius 3 is 2.36 bits per heavy atom. The molecule has 1 aliphatic carbocycles. The molecule has 0 bridgehead atoms. The fourth-order valence-electron chi connectivity index (χ4n) is 7.68. The summed E-state index contributed by atoms with van der Waals surface area (Å²) in [7, 11) is 0. The molecule has 2 amide bonds. The first-order valence-corrected chi connectivity index (χ1v) is 14.9. The van der Waals surface area contributed by atoms with Gasteiger partial charge in [-0.2, -0.15) is 0 Å². The van der Waals surface area contributed by atoms with Crippen LogP contribution in [0.15, 0.2) is 18.2 Å². The second kappa shape index (κ2) is 11.0. The quantitative estimate of drug-likeness (QED) is 0.453. The first-order chi connectivity index (χ1) is 18.5. The number of cyclic esters (lactones) is 1. The molecule has 0 aromatic heterocycles. The Bertz CT molecular complexity index is 1060. The SMILES string of the molecule is CC(C)N1CC(C(=O)N2CCC(CN3C(=O)OCC3(C)C)(C3CCCCC3)CC2)C(c2ccc(F)cc2F)C1. The average Bonchev–Trinajstić information content (AvgIpc) is 3.46. The lowest BCUT2D eigenvalue weighted by atomic mass is 9.63. The molecule has 39 heavy (non-hydrogen) atoms. The lowest BCUT2D eigenvalue weighted by Gasteiger charge is -2.51. The maximum Gasteiger partial charge on any atom is 0.410 e. The smallest absolute Gasteiger partial charge is 0.410 e. The summed E-state index contributed by atoms with van der Waals surface area (Å²) in [4.78, 5) is 32.9. The molecule has 6 nitrogen and oxygen atoms in total. The summed E-state index contributed by atoms with van der Waals surface area (Å²) in [6.07, 6.45) is 7.56. The van der Waals surface area contributed by atoms with E-state index in [1.807, 2.05) is 9.80 Å². The van der Waals surface area contributed by atoms with E-state index in [1.54, 1.807) is 0 Å². The summed E-state index contributed by atoms with van der Waals surface area (Å²) in [6, 6.07) is 3.97. The fraction of sp³-hybridized carbons (Fsp3) is 0.742. The molecule has 3 heterocycles. The molecule has 4 fully saturated rings. The first kappa shape index (κ1) is 28.3. The van der Waals surface area contributed by atoms with Crippen molar-refractivity contribution >= 4 is 12.0 Å². The number of hydrogen-bond acceptors (Lipinski definition) is 4. The monoisotopic (exact) mass is 545 g/mol. The number of halogens is 2. The van der Waals surface area contributed by atoms with Crippen LogP contribution in [0.4, 0.5) is 13.6 Å². The predicted octanol–water partition coefficient (Wildman–Crippen LogP) is 5.81. The summed E-state index contributed by atoms with van der Waals surface area (Å²) >= 11 is 0. The van der Waals surface area contributed by atoms with Gasteiger partial charge in [-0.3, -0.25) is 14.6 Å². The average molecular weight is 546 g/mol. The van der Waals surface area contributed by atoms with Gasteiger partial charge in [-0.1, -0.05) is 25.3 Å². The molecule has 1 aromatic rings. The van der Waals surface area contributed by atoms with E-state index < -0.39 is 11.6 Å². The maximum absolute atomic E-state index is 14.9. The number of nitrogens with zero attached hydrogens (tertiary/aromatic N) is 3. The van der Waals surface area contributed by atoms with Crippen molar-refractivity contribution in [2.45, 2.75) is 90.1 Å². The summed E-state index contributed by atoms with van der Waals surface area (Å²) in [6.45, 7) is 11.9. The van der Waals surface area contributed by atoms with Crippen LogP contribution in [-0.4, -0.2) is 77.6 Å². The van der Waals surface area contributed by atoms with Gasteiger partial charge in [0.25, 0.3) is 0 Å². The molecular formula is C31H45F2N3O3. The van der Waals surface area contributed by atoms with Crippen molar-refractivity contribution < 1.29 is 23.1 Å². The van der Waals surface area contributed by atoms with Gasteiger partial charge in [-0.25, -0.2) is 13.6 Å². The van der Waals surface area contributed by atoms with Crippen LogP contribution in [-0.2, 0) is 9.53 Å². The number of ether oxygens (including phenoxy) is 1. The largest absolute Gasteiger partial charge is 0.447 e. The van der Waals surface area contributed by atoms with E-state index in [9.17, 15) is 18.4 Å². The van der Waals surface area contributed by atoms with Crippen LogP contribution < -0.4 is 0 Å². The van der Waals surface area contributed by atoms with Crippen LogP contribution in [0.25, 0.3) is 0 Å². The standard InChI is InChI=1S/C31H45F2N3O3/c1-21(2)35-17-25(24-11-10-23(32)16-27(24)33)26(18-35)28(37)34-14-12-31(13-15-34,22-8-6-5-7-9-22)19-36-29(38)39-20-30(36,3)4/h10-11,16,21-22,25-26H,5-9,12-15,17-20H2,1-4H3. The molecule has 2 atom stereocenters. The van der Waals surface area contributed by atoms with Gasteiger partial charge in [0.2, 0.25) is 5.91 Å². The Morgan fingerprint density at radius 2 is 1.77 bits per heavy atom. The van der Waals surface area contributed by atoms with Gasteiger partial charge in [0.1, 0.15) is 18.2 Å². The third kappa shape index (κ3) is 5.55. The molecule has 0 spiro atoms. The number of rotatable bonds is 6. The Kier molecular flexibility index (Phi) is 7.97. The molecule has 5 rings (SSSR count). The Balaban J connectivity index is 1.35. The first-order valence-electron chi connectivity index (χ1n) is 14.9. The minimum Gasteiger partial charge on any atom is -0.447 e. The molecule has 3 aliphatic heterocycles. The van der Waals surface area contributed by atoms with Crippen LogP contribution in [0.3, 0.4) is 0 Å². The Hall–Kier alpha value is -2.22. The highest BCUT2D eigenvalue weighted by Crippen LogP contribution is 2.48. The molecule has 0 radical (unpaired) electrons. The van der Waals surface area contributed by atoms with E-state index in [-0.39, 0.29) is 40.8 Å². The van der Waals surface area contributed by atoms with Gasteiger partial charge in [-0.15, -0.1) is 0 Å². The van der Waals surface area contributed by atoms with Gasteiger partial charge in [0.05, 0.1) is 11.5 Å². The zero-order valence-electron chi connectivity index (χ0n) is 24.1. The number of hydrogen-bond donors (Lipinski definition) is 0. The van der Waals surface area contributed by atoms with Crippen LogP contribution in [0.1, 0.15) is 84.1 Å². The van der Waals surface area contributed by atoms with Crippen molar-refractivity contribution in [2.75, 3.05) is 39.3 Å². The van der Waals surface area contributed by atoms with Crippen molar-refractivity contribution in [3.05, 3.63) is 35.4 Å². The van der Waals surface area contributed by atoms with E-state index >= 15 is 0 Å². The summed E-state index contributed by atoms with van der Waals surface area (Å²) < 4.78 is 34.0.